The summed E-state index contributed by atoms with van der Waals surface area (Å²) in [6.07, 6.45) is 1.73. The standard InChI is InChI=1S/C23H17NO2/c1-24-21-9-5-6-10-22(21)26-23(24)15-20(16-25)19-13-11-18(12-14-19)17-7-3-2-4-8-17/h2-15H,1H3. The second-order valence-corrected chi connectivity index (χ2v) is 6.07. The molecule has 4 rings (SSSR count). The number of rotatable bonds is 3. The normalized spacial score (nSPS) is 13.9. The fraction of sp³-hybridized carbons (Fsp3) is 0.0435. The quantitative estimate of drug-likeness (QED) is 0.633. The Morgan fingerprint density at radius 2 is 1.54 bits per heavy atom. The summed E-state index contributed by atoms with van der Waals surface area (Å²) < 4.78 is 5.85. The van der Waals surface area contributed by atoms with Crippen LogP contribution in [-0.2, 0) is 4.79 Å². The largest absolute Gasteiger partial charge is 0.439 e. The van der Waals surface area contributed by atoms with Gasteiger partial charge in [0.15, 0.2) is 5.75 Å². The smallest absolute Gasteiger partial charge is 0.201 e. The lowest BCUT2D eigenvalue weighted by Gasteiger charge is -2.11. The summed E-state index contributed by atoms with van der Waals surface area (Å²) in [5, 5.41) is 0. The molecule has 0 unspecified atom stereocenters. The van der Waals surface area contributed by atoms with Crippen LogP contribution >= 0.6 is 0 Å². The van der Waals surface area contributed by atoms with Crippen LogP contribution in [0, 0.1) is 0 Å². The summed E-state index contributed by atoms with van der Waals surface area (Å²) in [5.74, 6) is 3.43. The fourth-order valence-corrected chi connectivity index (χ4v) is 3.01. The van der Waals surface area contributed by atoms with Crippen LogP contribution in [0.1, 0.15) is 5.56 Å². The van der Waals surface area contributed by atoms with Crippen LogP contribution in [-0.4, -0.2) is 13.0 Å². The molecule has 3 aromatic carbocycles. The molecule has 1 heterocycles. The number of hydrogen-bond acceptors (Lipinski definition) is 3. The van der Waals surface area contributed by atoms with Gasteiger partial charge in [0.2, 0.25) is 5.88 Å². The molecule has 1 aliphatic rings. The van der Waals surface area contributed by atoms with Crippen LogP contribution in [0.3, 0.4) is 0 Å². The van der Waals surface area contributed by atoms with E-state index in [0.717, 1.165) is 28.1 Å². The van der Waals surface area contributed by atoms with E-state index < -0.39 is 0 Å². The molecule has 0 fully saturated rings. The average Bonchev–Trinajstić information content (AvgIpc) is 3.03. The van der Waals surface area contributed by atoms with Crippen molar-refractivity contribution < 1.29 is 9.53 Å². The number of ether oxygens (including phenoxy) is 1. The van der Waals surface area contributed by atoms with Gasteiger partial charge in [0.05, 0.1) is 11.3 Å². The molecule has 126 valence electrons. The van der Waals surface area contributed by atoms with Crippen molar-refractivity contribution in [3.63, 3.8) is 0 Å². The Kier molecular flexibility index (Phi) is 4.14. The van der Waals surface area contributed by atoms with Crippen molar-refractivity contribution >= 4 is 17.2 Å². The topological polar surface area (TPSA) is 29.5 Å². The number of nitrogens with zero attached hydrogens (tertiary/aromatic N) is 1. The van der Waals surface area contributed by atoms with Gasteiger partial charge in [-0.3, -0.25) is 0 Å². The molecule has 3 aromatic rings. The minimum Gasteiger partial charge on any atom is -0.439 e. The van der Waals surface area contributed by atoms with E-state index in [1.807, 2.05) is 84.6 Å². The summed E-state index contributed by atoms with van der Waals surface area (Å²) in [6.45, 7) is 0. The Bertz CT molecular complexity index is 1010. The summed E-state index contributed by atoms with van der Waals surface area (Å²) >= 11 is 0. The summed E-state index contributed by atoms with van der Waals surface area (Å²) in [7, 11) is 1.92. The SMILES string of the molecule is CN1C(=CC(=C=O)c2ccc(-c3ccccc3)cc2)Oc2ccccc21. The minimum atomic E-state index is 0.458. The van der Waals surface area contributed by atoms with Gasteiger partial charge >= 0.3 is 0 Å². The maximum absolute atomic E-state index is 11.5. The molecule has 0 aliphatic carbocycles. The highest BCUT2D eigenvalue weighted by Crippen LogP contribution is 2.38. The zero-order chi connectivity index (χ0) is 17.9. The first-order chi connectivity index (χ1) is 12.8. The zero-order valence-electron chi connectivity index (χ0n) is 14.3. The van der Waals surface area contributed by atoms with E-state index in [1.54, 1.807) is 6.08 Å². The first kappa shape index (κ1) is 15.9. The van der Waals surface area contributed by atoms with E-state index in [-0.39, 0.29) is 0 Å². The lowest BCUT2D eigenvalue weighted by Crippen LogP contribution is -2.13. The third-order valence-electron chi connectivity index (χ3n) is 4.45. The number of fused-ring (bicyclic) bond motifs is 1. The third-order valence-corrected chi connectivity index (χ3v) is 4.45. The van der Waals surface area contributed by atoms with Gasteiger partial charge in [-0.15, -0.1) is 0 Å². The van der Waals surface area contributed by atoms with E-state index in [1.165, 1.54) is 0 Å². The van der Waals surface area contributed by atoms with Crippen molar-refractivity contribution in [3.8, 4) is 16.9 Å². The molecular weight excluding hydrogens is 322 g/mol. The molecule has 0 aromatic heterocycles. The molecule has 0 N–H and O–H groups in total. The molecule has 26 heavy (non-hydrogen) atoms. The van der Waals surface area contributed by atoms with Crippen LogP contribution in [0.25, 0.3) is 16.7 Å². The third kappa shape index (κ3) is 2.92. The number of allylic oxidation sites excluding steroid dienone is 2. The molecule has 1 aliphatic heterocycles. The van der Waals surface area contributed by atoms with Crippen LogP contribution in [0.15, 0.2) is 90.8 Å². The summed E-state index contributed by atoms with van der Waals surface area (Å²) in [5.41, 5.74) is 4.49. The minimum absolute atomic E-state index is 0.458. The molecule has 0 radical (unpaired) electrons. The van der Waals surface area contributed by atoms with E-state index >= 15 is 0 Å². The fourth-order valence-electron chi connectivity index (χ4n) is 3.01. The Balaban J connectivity index is 1.62. The Morgan fingerprint density at radius 3 is 2.23 bits per heavy atom. The van der Waals surface area contributed by atoms with Crippen molar-refractivity contribution in [1.82, 2.24) is 0 Å². The van der Waals surface area contributed by atoms with Gasteiger partial charge in [0.25, 0.3) is 0 Å². The van der Waals surface area contributed by atoms with Crippen LogP contribution in [0.4, 0.5) is 5.69 Å². The van der Waals surface area contributed by atoms with Crippen LogP contribution in [0.5, 0.6) is 5.75 Å². The van der Waals surface area contributed by atoms with Gasteiger partial charge in [0.1, 0.15) is 5.94 Å². The highest BCUT2D eigenvalue weighted by molar-refractivity contribution is 5.94. The number of benzene rings is 3. The van der Waals surface area contributed by atoms with Crippen molar-refractivity contribution in [3.05, 3.63) is 96.4 Å². The molecule has 0 atom stereocenters. The van der Waals surface area contributed by atoms with Crippen LogP contribution in [0.2, 0.25) is 0 Å². The van der Waals surface area contributed by atoms with E-state index in [4.69, 9.17) is 4.74 Å². The van der Waals surface area contributed by atoms with Crippen molar-refractivity contribution in [1.29, 1.82) is 0 Å². The monoisotopic (exact) mass is 339 g/mol. The lowest BCUT2D eigenvalue weighted by molar-refractivity contribution is 0.444. The van der Waals surface area contributed by atoms with Gasteiger partial charge in [-0.25, -0.2) is 4.79 Å². The number of hydrogen-bond donors (Lipinski definition) is 0. The van der Waals surface area contributed by atoms with Crippen molar-refractivity contribution in [2.24, 2.45) is 0 Å². The number of anilines is 1. The Labute approximate surface area is 152 Å². The predicted molar refractivity (Wildman–Crippen MR) is 105 cm³/mol. The van der Waals surface area contributed by atoms with E-state index in [9.17, 15) is 4.79 Å². The second kappa shape index (κ2) is 6.75. The molecule has 3 heteroatoms. The Morgan fingerprint density at radius 1 is 0.885 bits per heavy atom. The second-order valence-electron chi connectivity index (χ2n) is 6.07. The molecule has 3 nitrogen and oxygen atoms in total. The zero-order valence-corrected chi connectivity index (χ0v) is 14.3. The highest BCUT2D eigenvalue weighted by atomic mass is 16.5. The van der Waals surface area contributed by atoms with Crippen molar-refractivity contribution in [2.75, 3.05) is 11.9 Å². The maximum atomic E-state index is 11.5. The average molecular weight is 339 g/mol. The first-order valence-corrected chi connectivity index (χ1v) is 8.39. The molecule has 0 spiro atoms. The highest BCUT2D eigenvalue weighted by Gasteiger charge is 2.22. The van der Waals surface area contributed by atoms with Gasteiger partial charge in [-0.1, -0.05) is 66.7 Å². The Hall–Kier alpha value is -3.55. The van der Waals surface area contributed by atoms with Gasteiger partial charge < -0.3 is 9.64 Å². The summed E-state index contributed by atoms with van der Waals surface area (Å²) in [6, 6.07) is 25.8. The molecule has 0 saturated carbocycles. The number of carbonyl (C=O) groups excluding carboxylic acids is 1. The van der Waals surface area contributed by atoms with Crippen molar-refractivity contribution in [2.45, 2.75) is 0 Å². The van der Waals surface area contributed by atoms with E-state index in [0.29, 0.717) is 11.5 Å². The lowest BCUT2D eigenvalue weighted by atomic mass is 10.0. The predicted octanol–water partition coefficient (Wildman–Crippen LogP) is 4.94. The van der Waals surface area contributed by atoms with Crippen LogP contribution < -0.4 is 9.64 Å². The van der Waals surface area contributed by atoms with E-state index in [2.05, 4.69) is 12.1 Å². The van der Waals surface area contributed by atoms with Gasteiger partial charge in [-0.2, -0.15) is 0 Å². The first-order valence-electron chi connectivity index (χ1n) is 8.39. The maximum Gasteiger partial charge on any atom is 0.201 e. The molecule has 0 amide bonds. The van der Waals surface area contributed by atoms with Gasteiger partial charge in [-0.05, 0) is 28.8 Å². The molecule has 0 saturated heterocycles. The number of para-hydroxylation sites is 2. The summed E-state index contributed by atoms with van der Waals surface area (Å²) in [4.78, 5) is 13.5. The van der Waals surface area contributed by atoms with Gasteiger partial charge in [0, 0.05) is 13.1 Å². The molecule has 0 bridgehead atoms. The molecular formula is C23H17NO2.